The largest absolute Gasteiger partial charge is 0.399 e. The smallest absolute Gasteiger partial charge is 0.111 e. The molecule has 1 fully saturated rings. The summed E-state index contributed by atoms with van der Waals surface area (Å²) in [5.74, 6) is 0. The average Bonchev–Trinajstić information content (AvgIpc) is 2.94. The van der Waals surface area contributed by atoms with Gasteiger partial charge in [-0.15, -0.1) is 0 Å². The summed E-state index contributed by atoms with van der Waals surface area (Å²) < 4.78 is 6.05. The van der Waals surface area contributed by atoms with Crippen LogP contribution in [0.5, 0.6) is 0 Å². The Labute approximate surface area is 147 Å². The number of hydrogen-bond donors (Lipinski definition) is 1. The van der Waals surface area contributed by atoms with E-state index in [4.69, 9.17) is 9.57 Å². The second-order valence-corrected chi connectivity index (χ2v) is 6.71. The maximum Gasteiger partial charge on any atom is 0.111 e. The first-order valence-electron chi connectivity index (χ1n) is 8.87. The van der Waals surface area contributed by atoms with Crippen molar-refractivity contribution in [2.24, 2.45) is 5.16 Å². The summed E-state index contributed by atoms with van der Waals surface area (Å²) in [6, 6.07) is 14.9. The molecule has 2 heterocycles. The number of nitrogens with zero attached hydrogens (tertiary/aromatic N) is 1. The number of aliphatic hydroxyl groups is 1. The van der Waals surface area contributed by atoms with E-state index < -0.39 is 6.10 Å². The molecular formula is C21H23NO3. The molecule has 4 nitrogen and oxygen atoms in total. The van der Waals surface area contributed by atoms with Crippen LogP contribution in [0, 0.1) is 0 Å². The third kappa shape index (κ3) is 2.86. The van der Waals surface area contributed by atoms with Gasteiger partial charge < -0.3 is 14.7 Å². The highest BCUT2D eigenvalue weighted by atomic mass is 16.6. The molecule has 2 aliphatic heterocycles. The van der Waals surface area contributed by atoms with Crippen LogP contribution in [0.15, 0.2) is 53.2 Å². The van der Waals surface area contributed by atoms with Gasteiger partial charge in [0.1, 0.15) is 13.2 Å². The van der Waals surface area contributed by atoms with Crippen molar-refractivity contribution in [3.8, 4) is 0 Å². The van der Waals surface area contributed by atoms with E-state index in [-0.39, 0.29) is 12.2 Å². The monoisotopic (exact) mass is 337 g/mol. The van der Waals surface area contributed by atoms with E-state index in [0.29, 0.717) is 6.42 Å². The van der Waals surface area contributed by atoms with Crippen LogP contribution >= 0.6 is 0 Å². The lowest BCUT2D eigenvalue weighted by Crippen LogP contribution is -2.31. The van der Waals surface area contributed by atoms with E-state index in [1.165, 1.54) is 21.9 Å². The van der Waals surface area contributed by atoms with Gasteiger partial charge in [0.25, 0.3) is 0 Å². The zero-order valence-corrected chi connectivity index (χ0v) is 14.6. The third-order valence-electron chi connectivity index (χ3n) is 5.18. The average molecular weight is 337 g/mol. The molecule has 2 aromatic carbocycles. The zero-order chi connectivity index (χ0) is 17.4. The summed E-state index contributed by atoms with van der Waals surface area (Å²) in [6.07, 6.45) is 1.49. The second kappa shape index (κ2) is 6.62. The highest BCUT2D eigenvalue weighted by Crippen LogP contribution is 2.42. The van der Waals surface area contributed by atoms with E-state index >= 15 is 0 Å². The Kier molecular flexibility index (Phi) is 4.32. The van der Waals surface area contributed by atoms with Crippen molar-refractivity contribution in [1.29, 1.82) is 0 Å². The zero-order valence-electron chi connectivity index (χ0n) is 14.6. The number of ether oxygens (including phenoxy) is 1. The van der Waals surface area contributed by atoms with Crippen LogP contribution in [0.1, 0.15) is 31.7 Å². The maximum absolute atomic E-state index is 10.5. The molecule has 25 heavy (non-hydrogen) atoms. The Morgan fingerprint density at radius 2 is 2.04 bits per heavy atom. The molecule has 0 aromatic heterocycles. The minimum absolute atomic E-state index is 0.0749. The van der Waals surface area contributed by atoms with E-state index in [0.717, 1.165) is 24.1 Å². The maximum atomic E-state index is 10.5. The SMILES string of the molecule is CCC(=NOC)C1=C(c2ccc3ccccc3c2)CC2CC(O)C1O2. The van der Waals surface area contributed by atoms with Crippen LogP contribution in [0.25, 0.3) is 16.3 Å². The number of aliphatic hydroxyl groups excluding tert-OH is 1. The molecule has 2 aliphatic rings. The number of hydrogen-bond acceptors (Lipinski definition) is 4. The standard InChI is InChI=1S/C21H23NO3/c1-3-18(22-24-2)20-17(11-16-12-19(23)21(20)25-16)15-9-8-13-6-4-5-7-14(13)10-15/h4-10,16,19,21,23H,3,11-12H2,1-2H3. The van der Waals surface area contributed by atoms with Gasteiger partial charge in [-0.3, -0.25) is 0 Å². The Balaban J connectivity index is 1.89. The van der Waals surface area contributed by atoms with Gasteiger partial charge in [-0.1, -0.05) is 48.5 Å². The van der Waals surface area contributed by atoms with Gasteiger partial charge in [0.05, 0.1) is 17.9 Å². The summed E-state index contributed by atoms with van der Waals surface area (Å²) in [7, 11) is 1.56. The second-order valence-electron chi connectivity index (χ2n) is 6.71. The molecule has 1 saturated heterocycles. The number of benzene rings is 2. The Morgan fingerprint density at radius 3 is 2.80 bits per heavy atom. The van der Waals surface area contributed by atoms with Gasteiger partial charge in [-0.05, 0) is 40.8 Å². The van der Waals surface area contributed by atoms with Crippen molar-refractivity contribution >= 4 is 22.1 Å². The van der Waals surface area contributed by atoms with Gasteiger partial charge in [0.15, 0.2) is 0 Å². The van der Waals surface area contributed by atoms with E-state index in [1.54, 1.807) is 7.11 Å². The summed E-state index contributed by atoms with van der Waals surface area (Å²) in [5.41, 5.74) is 4.26. The molecular weight excluding hydrogens is 314 g/mol. The van der Waals surface area contributed by atoms with E-state index in [9.17, 15) is 5.11 Å². The van der Waals surface area contributed by atoms with Gasteiger partial charge in [0, 0.05) is 12.0 Å². The van der Waals surface area contributed by atoms with Crippen LogP contribution in [0.4, 0.5) is 0 Å². The van der Waals surface area contributed by atoms with Gasteiger partial charge >= 0.3 is 0 Å². The third-order valence-corrected chi connectivity index (χ3v) is 5.18. The van der Waals surface area contributed by atoms with Gasteiger partial charge in [0.2, 0.25) is 0 Å². The molecule has 0 radical (unpaired) electrons. The van der Waals surface area contributed by atoms with Crippen LogP contribution < -0.4 is 0 Å². The molecule has 130 valence electrons. The van der Waals surface area contributed by atoms with Crippen LogP contribution in [-0.4, -0.2) is 36.2 Å². The molecule has 0 aliphatic carbocycles. The molecule has 3 atom stereocenters. The molecule has 0 amide bonds. The lowest BCUT2D eigenvalue weighted by molar-refractivity contribution is 0.0313. The summed E-state index contributed by atoms with van der Waals surface area (Å²) >= 11 is 0. The minimum Gasteiger partial charge on any atom is -0.399 e. The first-order valence-corrected chi connectivity index (χ1v) is 8.87. The molecule has 4 heteroatoms. The Bertz CT molecular complexity index is 855. The van der Waals surface area contributed by atoms with Crippen molar-refractivity contribution < 1.29 is 14.7 Å². The fraction of sp³-hybridized carbons (Fsp3) is 0.381. The predicted octanol–water partition coefficient (Wildman–Crippen LogP) is 3.93. The first kappa shape index (κ1) is 16.3. The molecule has 1 N–H and O–H groups in total. The lowest BCUT2D eigenvalue weighted by atomic mass is 9.87. The molecule has 0 spiro atoms. The fourth-order valence-corrected chi connectivity index (χ4v) is 4.05. The topological polar surface area (TPSA) is 51.0 Å². The van der Waals surface area contributed by atoms with Crippen molar-refractivity contribution in [3.05, 3.63) is 53.6 Å². The molecule has 2 bridgehead atoms. The Hall–Kier alpha value is -2.17. The van der Waals surface area contributed by atoms with Gasteiger partial charge in [-0.25, -0.2) is 0 Å². The lowest BCUT2D eigenvalue weighted by Gasteiger charge is -2.28. The first-order chi connectivity index (χ1) is 12.2. The highest BCUT2D eigenvalue weighted by Gasteiger charge is 2.43. The Morgan fingerprint density at radius 1 is 1.24 bits per heavy atom. The number of fused-ring (bicyclic) bond motifs is 3. The summed E-state index contributed by atoms with van der Waals surface area (Å²) in [6.45, 7) is 2.05. The molecule has 3 unspecified atom stereocenters. The molecule has 4 rings (SSSR count). The summed E-state index contributed by atoms with van der Waals surface area (Å²) in [4.78, 5) is 5.06. The van der Waals surface area contributed by atoms with Crippen molar-refractivity contribution in [2.75, 3.05) is 7.11 Å². The number of rotatable bonds is 4. The number of oxime groups is 1. The van der Waals surface area contributed by atoms with E-state index in [2.05, 4.69) is 54.5 Å². The van der Waals surface area contributed by atoms with Crippen molar-refractivity contribution in [3.63, 3.8) is 0 Å². The van der Waals surface area contributed by atoms with Crippen LogP contribution in [0.2, 0.25) is 0 Å². The van der Waals surface area contributed by atoms with Crippen LogP contribution in [-0.2, 0) is 9.57 Å². The predicted molar refractivity (Wildman–Crippen MR) is 99.5 cm³/mol. The van der Waals surface area contributed by atoms with Crippen molar-refractivity contribution in [1.82, 2.24) is 0 Å². The molecule has 2 aromatic rings. The normalized spacial score (nSPS) is 26.4. The quantitative estimate of drug-likeness (QED) is 0.679. The summed E-state index contributed by atoms with van der Waals surface area (Å²) in [5, 5.41) is 17.1. The van der Waals surface area contributed by atoms with Crippen molar-refractivity contribution in [2.45, 2.75) is 44.5 Å². The molecule has 0 saturated carbocycles. The van der Waals surface area contributed by atoms with Gasteiger partial charge in [-0.2, -0.15) is 0 Å². The van der Waals surface area contributed by atoms with E-state index in [1.807, 2.05) is 0 Å². The highest BCUT2D eigenvalue weighted by molar-refractivity contribution is 6.08. The fourth-order valence-electron chi connectivity index (χ4n) is 4.05. The minimum atomic E-state index is -0.480. The van der Waals surface area contributed by atoms with Crippen LogP contribution in [0.3, 0.4) is 0 Å².